The molecule has 154 valence electrons. The number of hydrogen-bond acceptors (Lipinski definition) is 5. The molecule has 2 saturated carbocycles. The van der Waals surface area contributed by atoms with Crippen LogP contribution < -0.4 is 5.84 Å². The molecule has 3 rings (SSSR count). The van der Waals surface area contributed by atoms with Gasteiger partial charge in [0.25, 0.3) is 5.91 Å². The monoisotopic (exact) mass is 397 g/mol. The molecular formula is C22H27N3O4. The molecule has 0 aromatic heterocycles. The average Bonchev–Trinajstić information content (AvgIpc) is 3.17. The van der Waals surface area contributed by atoms with E-state index in [1.807, 2.05) is 13.8 Å². The van der Waals surface area contributed by atoms with Crippen molar-refractivity contribution in [2.24, 2.45) is 27.8 Å². The molecule has 2 aliphatic carbocycles. The number of nitrogens with zero attached hydrogens (tertiary/aromatic N) is 2. The largest absolute Gasteiger partial charge is 0.480 e. The van der Waals surface area contributed by atoms with E-state index in [9.17, 15) is 14.5 Å². The highest BCUT2D eigenvalue weighted by Crippen LogP contribution is 2.69. The lowest BCUT2D eigenvalue weighted by Gasteiger charge is -2.45. The number of amides is 1. The Labute approximate surface area is 170 Å². The summed E-state index contributed by atoms with van der Waals surface area (Å²) in [6.45, 7) is 7.50. The Morgan fingerprint density at radius 2 is 1.97 bits per heavy atom. The lowest BCUT2D eigenvalue weighted by molar-refractivity contribution is -0.141. The highest BCUT2D eigenvalue weighted by atomic mass is 16.4. The van der Waals surface area contributed by atoms with Crippen LogP contribution in [0.4, 0.5) is 0 Å². The first-order valence-electron chi connectivity index (χ1n) is 9.78. The van der Waals surface area contributed by atoms with E-state index in [1.165, 1.54) is 6.92 Å². The number of nitrogens with two attached hydrogens (primary N) is 1. The van der Waals surface area contributed by atoms with Crippen LogP contribution in [0.1, 0.15) is 62.9 Å². The summed E-state index contributed by atoms with van der Waals surface area (Å²) in [5.41, 5.74) is -1.12. The van der Waals surface area contributed by atoms with Gasteiger partial charge in [0, 0.05) is 16.4 Å². The van der Waals surface area contributed by atoms with Gasteiger partial charge < -0.3 is 5.11 Å². The third-order valence-electron chi connectivity index (χ3n) is 7.25. The van der Waals surface area contributed by atoms with Crippen molar-refractivity contribution >= 4 is 11.9 Å². The van der Waals surface area contributed by atoms with Gasteiger partial charge in [0.15, 0.2) is 5.54 Å². The molecule has 1 aromatic rings. The van der Waals surface area contributed by atoms with Crippen molar-refractivity contribution in [3.63, 3.8) is 0 Å². The minimum atomic E-state index is -1.20. The van der Waals surface area contributed by atoms with Crippen LogP contribution in [-0.2, 0) is 4.79 Å². The molecule has 0 heterocycles. The van der Waals surface area contributed by atoms with Crippen molar-refractivity contribution in [2.75, 3.05) is 0 Å². The van der Waals surface area contributed by atoms with Crippen molar-refractivity contribution in [1.29, 1.82) is 0 Å². The minimum Gasteiger partial charge on any atom is -0.480 e. The van der Waals surface area contributed by atoms with Crippen molar-refractivity contribution in [1.82, 2.24) is 5.01 Å². The van der Waals surface area contributed by atoms with E-state index in [0.29, 0.717) is 16.5 Å². The zero-order chi connectivity index (χ0) is 21.6. The van der Waals surface area contributed by atoms with Crippen molar-refractivity contribution < 1.29 is 14.7 Å². The summed E-state index contributed by atoms with van der Waals surface area (Å²) >= 11 is 0. The Kier molecular flexibility index (Phi) is 5.04. The van der Waals surface area contributed by atoms with E-state index >= 15 is 0 Å². The van der Waals surface area contributed by atoms with Crippen LogP contribution in [0.25, 0.3) is 0 Å². The number of carbonyl (C=O) groups excluding carboxylic acids is 1. The molecule has 29 heavy (non-hydrogen) atoms. The fraction of sp³-hybridized carbons (Fsp3) is 0.545. The van der Waals surface area contributed by atoms with Gasteiger partial charge in [-0.3, -0.25) is 9.80 Å². The van der Waals surface area contributed by atoms with Crippen LogP contribution >= 0.6 is 0 Å². The zero-order valence-corrected chi connectivity index (χ0v) is 17.2. The lowest BCUT2D eigenvalue weighted by atomic mass is 9.59. The van der Waals surface area contributed by atoms with E-state index in [4.69, 9.17) is 10.9 Å². The number of nitroso groups, excluding NO2 is 1. The summed E-state index contributed by atoms with van der Waals surface area (Å²) in [7, 11) is 0. The molecular weight excluding hydrogens is 370 g/mol. The normalized spacial score (nSPS) is 30.2. The third kappa shape index (κ3) is 2.94. The number of hydrazine groups is 1. The van der Waals surface area contributed by atoms with Crippen LogP contribution in [0, 0.1) is 33.5 Å². The number of carboxylic acid groups (broad SMARTS) is 1. The molecule has 4 unspecified atom stereocenters. The molecule has 0 radical (unpaired) electrons. The first-order chi connectivity index (χ1) is 13.5. The molecule has 0 spiro atoms. The maximum absolute atomic E-state index is 12.8. The Bertz CT molecular complexity index is 925. The van der Waals surface area contributed by atoms with Gasteiger partial charge in [-0.05, 0) is 49.4 Å². The topological polar surface area (TPSA) is 113 Å². The van der Waals surface area contributed by atoms with Gasteiger partial charge in [-0.1, -0.05) is 44.7 Å². The highest BCUT2D eigenvalue weighted by Gasteiger charge is 2.70. The second-order valence-corrected chi connectivity index (χ2v) is 9.05. The van der Waals surface area contributed by atoms with E-state index in [-0.39, 0.29) is 16.4 Å². The van der Waals surface area contributed by atoms with E-state index in [1.54, 1.807) is 24.3 Å². The second-order valence-electron chi connectivity index (χ2n) is 9.05. The molecule has 3 N–H and O–H groups in total. The third-order valence-corrected chi connectivity index (χ3v) is 7.25. The standard InChI is InChI=1S/C22H27N3O4/c1-14(19(27)28)25(23)18(26)17-8-6-5-7-15(17)9-12-22(24-29)20(2,3)16-10-11-21(22,4)13-16/h5-8,14,16H,10-11,13,23H2,1-4H3,(H,27,28). The van der Waals surface area contributed by atoms with Gasteiger partial charge in [-0.25, -0.2) is 10.6 Å². The summed E-state index contributed by atoms with van der Waals surface area (Å²) in [5, 5.41) is 13.4. The van der Waals surface area contributed by atoms with E-state index in [2.05, 4.69) is 23.9 Å². The number of fused-ring (bicyclic) bond motifs is 2. The van der Waals surface area contributed by atoms with Crippen LogP contribution in [0.2, 0.25) is 0 Å². The van der Waals surface area contributed by atoms with Gasteiger partial charge >= 0.3 is 5.97 Å². The summed E-state index contributed by atoms with van der Waals surface area (Å²) < 4.78 is 0. The molecule has 1 aromatic carbocycles. The highest BCUT2D eigenvalue weighted by molar-refractivity contribution is 5.98. The number of aliphatic carboxylic acids is 1. The summed E-state index contributed by atoms with van der Waals surface area (Å²) in [6, 6.07) is 5.43. The molecule has 0 aliphatic heterocycles. The predicted molar refractivity (Wildman–Crippen MR) is 109 cm³/mol. The van der Waals surface area contributed by atoms with Crippen molar-refractivity contribution in [3.8, 4) is 11.8 Å². The Morgan fingerprint density at radius 3 is 2.52 bits per heavy atom. The molecule has 1 amide bonds. The number of carboxylic acids is 1. The SMILES string of the molecule is CC(C(=O)O)N(N)C(=O)c1ccccc1C#CC1(N=O)C2(C)CCC(C2)C1(C)C. The fourth-order valence-electron chi connectivity index (χ4n) is 5.19. The first-order valence-corrected chi connectivity index (χ1v) is 9.78. The second kappa shape index (κ2) is 6.96. The summed E-state index contributed by atoms with van der Waals surface area (Å²) in [4.78, 5) is 36.1. The van der Waals surface area contributed by atoms with Gasteiger partial charge in [-0.15, -0.1) is 4.91 Å². The van der Waals surface area contributed by atoms with Crippen LogP contribution in [0.3, 0.4) is 0 Å². The molecule has 2 aliphatic rings. The predicted octanol–water partition coefficient (Wildman–Crippen LogP) is 3.18. The quantitative estimate of drug-likeness (QED) is 0.266. The fourth-order valence-corrected chi connectivity index (χ4v) is 5.19. The van der Waals surface area contributed by atoms with Crippen LogP contribution in [0.5, 0.6) is 0 Å². The molecule has 4 atom stereocenters. The maximum atomic E-state index is 12.8. The van der Waals surface area contributed by atoms with Gasteiger partial charge in [0.2, 0.25) is 0 Å². The van der Waals surface area contributed by atoms with Gasteiger partial charge in [0.1, 0.15) is 6.04 Å². The van der Waals surface area contributed by atoms with Gasteiger partial charge in [-0.2, -0.15) is 0 Å². The summed E-state index contributed by atoms with van der Waals surface area (Å²) in [6.07, 6.45) is 2.87. The first kappa shape index (κ1) is 21.0. The Balaban J connectivity index is 2.04. The zero-order valence-electron chi connectivity index (χ0n) is 17.2. The summed E-state index contributed by atoms with van der Waals surface area (Å²) in [5.74, 6) is 10.4. The molecule has 0 saturated heterocycles. The molecule has 7 heteroatoms. The Hall–Kier alpha value is -2.72. The van der Waals surface area contributed by atoms with E-state index < -0.39 is 23.5 Å². The number of benzene rings is 1. The molecule has 2 bridgehead atoms. The number of hydrogen-bond donors (Lipinski definition) is 2. The molecule has 7 nitrogen and oxygen atoms in total. The van der Waals surface area contributed by atoms with Crippen molar-refractivity contribution in [2.45, 2.75) is 58.5 Å². The van der Waals surface area contributed by atoms with Gasteiger partial charge in [0.05, 0.1) is 5.56 Å². The smallest absolute Gasteiger partial charge is 0.327 e. The van der Waals surface area contributed by atoms with Crippen LogP contribution in [0.15, 0.2) is 29.4 Å². The minimum absolute atomic E-state index is 0.197. The van der Waals surface area contributed by atoms with Crippen molar-refractivity contribution in [3.05, 3.63) is 40.3 Å². The molecule has 2 fully saturated rings. The van der Waals surface area contributed by atoms with Crippen LogP contribution in [-0.4, -0.2) is 33.6 Å². The van der Waals surface area contributed by atoms with E-state index in [0.717, 1.165) is 19.3 Å². The average molecular weight is 397 g/mol. The maximum Gasteiger partial charge on any atom is 0.327 e. The number of carbonyl (C=O) groups is 2. The number of rotatable bonds is 4. The Morgan fingerprint density at radius 1 is 1.31 bits per heavy atom. The lowest BCUT2D eigenvalue weighted by Crippen LogP contribution is -2.51.